The number of carbonyl (C=O) groups is 1. The van der Waals surface area contributed by atoms with Crippen LogP contribution in [0, 0.1) is 6.92 Å². The van der Waals surface area contributed by atoms with Crippen LogP contribution in [-0.4, -0.2) is 26.0 Å². The summed E-state index contributed by atoms with van der Waals surface area (Å²) >= 11 is 0. The van der Waals surface area contributed by atoms with Crippen LogP contribution >= 0.6 is 0 Å². The van der Waals surface area contributed by atoms with Crippen LogP contribution < -0.4 is 5.73 Å². The van der Waals surface area contributed by atoms with Crippen molar-refractivity contribution in [2.75, 3.05) is 5.73 Å². The van der Waals surface area contributed by atoms with E-state index in [9.17, 15) is 4.79 Å². The summed E-state index contributed by atoms with van der Waals surface area (Å²) < 4.78 is 0. The number of aryl methyl sites for hydroxylation is 1. The highest BCUT2D eigenvalue weighted by molar-refractivity contribution is 5.92. The normalized spacial score (nSPS) is 10.2. The Labute approximate surface area is 97.2 Å². The first-order valence-corrected chi connectivity index (χ1v) is 4.86. The van der Waals surface area contributed by atoms with Gasteiger partial charge in [-0.1, -0.05) is 0 Å². The van der Waals surface area contributed by atoms with Gasteiger partial charge in [0.05, 0.1) is 0 Å². The van der Waals surface area contributed by atoms with Crippen molar-refractivity contribution in [3.8, 4) is 11.4 Å². The smallest absolute Gasteiger partial charge is 0.341 e. The molecule has 86 valence electrons. The van der Waals surface area contributed by atoms with Crippen LogP contribution in [0.1, 0.15) is 15.9 Å². The van der Waals surface area contributed by atoms with Crippen molar-refractivity contribution < 1.29 is 9.90 Å². The molecule has 0 atom stereocenters. The first kappa shape index (κ1) is 11.0. The van der Waals surface area contributed by atoms with E-state index in [2.05, 4.69) is 15.0 Å². The molecule has 0 unspecified atom stereocenters. The van der Waals surface area contributed by atoms with Crippen LogP contribution in [0.15, 0.2) is 24.7 Å². The number of nitrogen functional groups attached to an aromatic ring is 1. The van der Waals surface area contributed by atoms with E-state index in [1.807, 2.05) is 13.0 Å². The third-order valence-electron chi connectivity index (χ3n) is 2.33. The molecule has 2 aromatic heterocycles. The third kappa shape index (κ3) is 2.05. The number of carboxylic acids is 1. The lowest BCUT2D eigenvalue weighted by Crippen LogP contribution is -2.07. The summed E-state index contributed by atoms with van der Waals surface area (Å²) in [6.07, 6.45) is 4.48. The zero-order chi connectivity index (χ0) is 12.4. The Bertz CT molecular complexity index is 583. The number of carboxylic acid groups (broad SMARTS) is 1. The average Bonchev–Trinajstić information content (AvgIpc) is 2.29. The van der Waals surface area contributed by atoms with Gasteiger partial charge >= 0.3 is 5.97 Å². The van der Waals surface area contributed by atoms with Gasteiger partial charge in [0.25, 0.3) is 0 Å². The monoisotopic (exact) mass is 230 g/mol. The molecule has 2 rings (SSSR count). The highest BCUT2D eigenvalue weighted by Crippen LogP contribution is 2.19. The maximum atomic E-state index is 10.8. The minimum Gasteiger partial charge on any atom is -0.477 e. The quantitative estimate of drug-likeness (QED) is 0.801. The number of anilines is 1. The van der Waals surface area contributed by atoms with Crippen molar-refractivity contribution >= 4 is 11.8 Å². The molecule has 6 heteroatoms. The minimum atomic E-state index is -1.14. The molecule has 0 saturated carbocycles. The molecule has 0 radical (unpaired) electrons. The second-order valence-corrected chi connectivity index (χ2v) is 3.49. The predicted molar refractivity (Wildman–Crippen MR) is 61.4 cm³/mol. The number of rotatable bonds is 2. The molecule has 6 nitrogen and oxygen atoms in total. The Balaban J connectivity index is 2.52. The van der Waals surface area contributed by atoms with E-state index in [0.717, 1.165) is 11.1 Å². The fourth-order valence-corrected chi connectivity index (χ4v) is 1.39. The first-order chi connectivity index (χ1) is 8.09. The summed E-state index contributed by atoms with van der Waals surface area (Å²) in [7, 11) is 0. The van der Waals surface area contributed by atoms with Gasteiger partial charge in [-0.3, -0.25) is 4.98 Å². The van der Waals surface area contributed by atoms with Crippen molar-refractivity contribution in [1.82, 2.24) is 15.0 Å². The molecule has 0 fully saturated rings. The van der Waals surface area contributed by atoms with E-state index in [1.54, 1.807) is 12.4 Å². The molecule has 0 aliphatic heterocycles. The molecular weight excluding hydrogens is 220 g/mol. The van der Waals surface area contributed by atoms with Crippen molar-refractivity contribution in [3.63, 3.8) is 0 Å². The summed E-state index contributed by atoms with van der Waals surface area (Å²) in [6.45, 7) is 1.89. The zero-order valence-electron chi connectivity index (χ0n) is 9.08. The summed E-state index contributed by atoms with van der Waals surface area (Å²) in [5, 5.41) is 8.81. The summed E-state index contributed by atoms with van der Waals surface area (Å²) in [6, 6.07) is 1.82. The SMILES string of the molecule is Cc1ccncc1-c1ncc(C(=O)O)c(N)n1. The van der Waals surface area contributed by atoms with Crippen molar-refractivity contribution in [3.05, 3.63) is 35.8 Å². The number of hydrogen-bond donors (Lipinski definition) is 2. The highest BCUT2D eigenvalue weighted by atomic mass is 16.4. The fourth-order valence-electron chi connectivity index (χ4n) is 1.39. The molecule has 2 heterocycles. The van der Waals surface area contributed by atoms with Crippen molar-refractivity contribution in [1.29, 1.82) is 0 Å². The van der Waals surface area contributed by atoms with Gasteiger partial charge in [0.1, 0.15) is 11.4 Å². The lowest BCUT2D eigenvalue weighted by Gasteiger charge is -2.05. The molecule has 0 amide bonds. The summed E-state index contributed by atoms with van der Waals surface area (Å²) in [5.74, 6) is -0.819. The molecule has 0 aromatic carbocycles. The highest BCUT2D eigenvalue weighted by Gasteiger charge is 2.12. The number of nitrogens with two attached hydrogens (primary N) is 1. The molecule has 0 spiro atoms. The van der Waals surface area contributed by atoms with Crippen LogP contribution in [0.3, 0.4) is 0 Å². The van der Waals surface area contributed by atoms with Gasteiger partial charge in [-0.15, -0.1) is 0 Å². The van der Waals surface area contributed by atoms with E-state index in [1.165, 1.54) is 6.20 Å². The third-order valence-corrected chi connectivity index (χ3v) is 2.33. The standard InChI is InChI=1S/C11H10N4O2/c1-6-2-3-13-4-7(6)10-14-5-8(11(16)17)9(12)15-10/h2-5H,1H3,(H,16,17)(H2,12,14,15). The van der Waals surface area contributed by atoms with Gasteiger partial charge < -0.3 is 10.8 Å². The van der Waals surface area contributed by atoms with Gasteiger partial charge in [0.2, 0.25) is 0 Å². The second kappa shape index (κ2) is 4.17. The first-order valence-electron chi connectivity index (χ1n) is 4.86. The van der Waals surface area contributed by atoms with Gasteiger partial charge in [-0.2, -0.15) is 0 Å². The Morgan fingerprint density at radius 2 is 2.18 bits per heavy atom. The number of pyridine rings is 1. The summed E-state index contributed by atoms with van der Waals surface area (Å²) in [4.78, 5) is 22.7. The van der Waals surface area contributed by atoms with Crippen LogP contribution in [0.5, 0.6) is 0 Å². The van der Waals surface area contributed by atoms with Gasteiger partial charge in [-0.25, -0.2) is 14.8 Å². The Morgan fingerprint density at radius 1 is 1.41 bits per heavy atom. The topological polar surface area (TPSA) is 102 Å². The van der Waals surface area contributed by atoms with Crippen LogP contribution in [0.2, 0.25) is 0 Å². The maximum Gasteiger partial charge on any atom is 0.341 e. The van der Waals surface area contributed by atoms with Gasteiger partial charge in [-0.05, 0) is 18.6 Å². The Morgan fingerprint density at radius 3 is 2.76 bits per heavy atom. The molecule has 0 saturated heterocycles. The number of aromatic carboxylic acids is 1. The molecule has 0 aliphatic rings. The van der Waals surface area contributed by atoms with E-state index in [4.69, 9.17) is 10.8 Å². The van der Waals surface area contributed by atoms with Crippen molar-refractivity contribution in [2.45, 2.75) is 6.92 Å². The lowest BCUT2D eigenvalue weighted by atomic mass is 10.1. The summed E-state index contributed by atoms with van der Waals surface area (Å²) in [5.41, 5.74) is 7.14. The van der Waals surface area contributed by atoms with Crippen LogP contribution in [-0.2, 0) is 0 Å². The predicted octanol–water partition coefficient (Wildman–Crippen LogP) is 1.13. The van der Waals surface area contributed by atoms with Gasteiger partial charge in [0.15, 0.2) is 5.82 Å². The molecular formula is C11H10N4O2. The van der Waals surface area contributed by atoms with Gasteiger partial charge in [0, 0.05) is 24.2 Å². The molecule has 0 bridgehead atoms. The molecule has 3 N–H and O–H groups in total. The Kier molecular flexibility index (Phi) is 2.70. The second-order valence-electron chi connectivity index (χ2n) is 3.49. The molecule has 17 heavy (non-hydrogen) atoms. The Hall–Kier alpha value is -2.50. The zero-order valence-corrected chi connectivity index (χ0v) is 9.08. The average molecular weight is 230 g/mol. The lowest BCUT2D eigenvalue weighted by molar-refractivity contribution is 0.0697. The maximum absolute atomic E-state index is 10.8. The van der Waals surface area contributed by atoms with Crippen molar-refractivity contribution in [2.24, 2.45) is 0 Å². The van der Waals surface area contributed by atoms with E-state index in [-0.39, 0.29) is 11.4 Å². The largest absolute Gasteiger partial charge is 0.477 e. The number of nitrogens with zero attached hydrogens (tertiary/aromatic N) is 3. The van der Waals surface area contributed by atoms with Crippen LogP contribution in [0.25, 0.3) is 11.4 Å². The van der Waals surface area contributed by atoms with Crippen LogP contribution in [0.4, 0.5) is 5.82 Å². The van der Waals surface area contributed by atoms with E-state index < -0.39 is 5.97 Å². The molecule has 0 aliphatic carbocycles. The minimum absolute atomic E-state index is 0.0502. The number of hydrogen-bond acceptors (Lipinski definition) is 5. The molecule has 2 aromatic rings. The fraction of sp³-hybridized carbons (Fsp3) is 0.0909. The number of aromatic nitrogens is 3. The van der Waals surface area contributed by atoms with E-state index >= 15 is 0 Å². The van der Waals surface area contributed by atoms with E-state index in [0.29, 0.717) is 5.82 Å².